The number of rotatable bonds is 9. The molecular formula is C28H29Cl2N5O. The molecule has 1 aromatic heterocycles. The second-order valence-electron chi connectivity index (χ2n) is 9.00. The van der Waals surface area contributed by atoms with E-state index in [-0.39, 0.29) is 25.0 Å². The predicted octanol–water partition coefficient (Wildman–Crippen LogP) is 5.68. The van der Waals surface area contributed by atoms with E-state index in [4.69, 9.17) is 23.2 Å². The second kappa shape index (κ2) is 12.2. The highest BCUT2D eigenvalue weighted by Crippen LogP contribution is 2.29. The van der Waals surface area contributed by atoms with E-state index in [0.29, 0.717) is 15.7 Å². The fourth-order valence-corrected chi connectivity index (χ4v) is 4.84. The molecule has 0 N–H and O–H groups in total. The first-order valence-electron chi connectivity index (χ1n) is 12.0. The molecule has 0 radical (unpaired) electrons. The molecule has 36 heavy (non-hydrogen) atoms. The number of nitriles is 1. The number of carbonyl (C=O) groups is 1. The molecule has 2 aromatic carbocycles. The van der Waals surface area contributed by atoms with Crippen LogP contribution in [0.1, 0.15) is 24.4 Å². The molecule has 0 spiro atoms. The smallest absolute Gasteiger partial charge is 0.242 e. The van der Waals surface area contributed by atoms with E-state index in [1.165, 1.54) is 12.8 Å². The molecule has 186 valence electrons. The summed E-state index contributed by atoms with van der Waals surface area (Å²) in [4.78, 5) is 23.7. The fraction of sp³-hybridized carbons (Fsp3) is 0.321. The minimum atomic E-state index is -0.115. The van der Waals surface area contributed by atoms with Crippen LogP contribution in [0.2, 0.25) is 10.0 Å². The summed E-state index contributed by atoms with van der Waals surface area (Å²) in [5.74, 6) is -0.0724. The Labute approximate surface area is 222 Å². The molecule has 1 unspecified atom stereocenters. The molecule has 8 heteroatoms. The van der Waals surface area contributed by atoms with E-state index in [1.54, 1.807) is 34.2 Å². The number of likely N-dealkylation sites (tertiary alicyclic amines) is 1. The van der Waals surface area contributed by atoms with Crippen molar-refractivity contribution in [1.29, 1.82) is 5.26 Å². The summed E-state index contributed by atoms with van der Waals surface area (Å²) < 4.78 is 0. The predicted molar refractivity (Wildman–Crippen MR) is 145 cm³/mol. The number of carbonyl (C=O) groups excluding carboxylic acids is 1. The lowest BCUT2D eigenvalue weighted by Crippen LogP contribution is -2.43. The molecule has 4 rings (SSSR count). The van der Waals surface area contributed by atoms with E-state index in [1.807, 2.05) is 25.4 Å². The normalized spacial score (nSPS) is 14.3. The third-order valence-electron chi connectivity index (χ3n) is 6.64. The maximum Gasteiger partial charge on any atom is 0.242 e. The van der Waals surface area contributed by atoms with Crippen LogP contribution in [0.4, 0.5) is 5.69 Å². The molecule has 0 saturated carbocycles. The van der Waals surface area contributed by atoms with Crippen molar-refractivity contribution in [3.05, 3.63) is 82.6 Å². The van der Waals surface area contributed by atoms with Gasteiger partial charge in [0.05, 0.1) is 28.7 Å². The molecule has 1 aliphatic heterocycles. The Kier molecular flexibility index (Phi) is 8.82. The van der Waals surface area contributed by atoms with E-state index in [0.717, 1.165) is 36.3 Å². The van der Waals surface area contributed by atoms with Crippen molar-refractivity contribution in [2.45, 2.75) is 18.9 Å². The molecule has 1 aliphatic rings. The Morgan fingerprint density at radius 2 is 1.83 bits per heavy atom. The molecule has 1 fully saturated rings. The Balaban J connectivity index is 1.56. The molecule has 0 bridgehead atoms. The van der Waals surface area contributed by atoms with Gasteiger partial charge in [0.15, 0.2) is 0 Å². The molecule has 1 amide bonds. The summed E-state index contributed by atoms with van der Waals surface area (Å²) in [6.07, 6.45) is 5.96. The lowest BCUT2D eigenvalue weighted by Gasteiger charge is -2.34. The molecule has 2 heterocycles. The van der Waals surface area contributed by atoms with Gasteiger partial charge in [0.25, 0.3) is 0 Å². The number of benzene rings is 2. The first-order chi connectivity index (χ1) is 17.5. The zero-order chi connectivity index (χ0) is 25.5. The summed E-state index contributed by atoms with van der Waals surface area (Å²) in [5, 5.41) is 10.2. The van der Waals surface area contributed by atoms with E-state index in [9.17, 15) is 10.1 Å². The summed E-state index contributed by atoms with van der Waals surface area (Å²) in [6.45, 7) is 2.96. The zero-order valence-corrected chi connectivity index (χ0v) is 21.8. The first-order valence-corrected chi connectivity index (χ1v) is 12.8. The van der Waals surface area contributed by atoms with Crippen LogP contribution >= 0.6 is 23.2 Å². The molecule has 0 aliphatic carbocycles. The van der Waals surface area contributed by atoms with Crippen molar-refractivity contribution in [2.75, 3.05) is 44.7 Å². The number of hydrogen-bond acceptors (Lipinski definition) is 5. The number of nitrogens with zero attached hydrogens (tertiary/aromatic N) is 5. The number of pyridine rings is 1. The third kappa shape index (κ3) is 6.36. The van der Waals surface area contributed by atoms with Crippen LogP contribution in [0, 0.1) is 11.3 Å². The number of halogens is 2. The molecular weight excluding hydrogens is 493 g/mol. The average Bonchev–Trinajstić information content (AvgIpc) is 3.42. The highest BCUT2D eigenvalue weighted by Gasteiger charge is 2.27. The van der Waals surface area contributed by atoms with E-state index in [2.05, 4.69) is 40.2 Å². The first kappa shape index (κ1) is 26.0. The zero-order valence-electron chi connectivity index (χ0n) is 20.3. The van der Waals surface area contributed by atoms with Crippen LogP contribution in [0.3, 0.4) is 0 Å². The summed E-state index contributed by atoms with van der Waals surface area (Å²) in [7, 11) is 1.84. The third-order valence-corrected chi connectivity index (χ3v) is 7.38. The quantitative estimate of drug-likeness (QED) is 0.339. The van der Waals surface area contributed by atoms with Gasteiger partial charge in [-0.2, -0.15) is 5.26 Å². The van der Waals surface area contributed by atoms with Gasteiger partial charge in [0.2, 0.25) is 5.91 Å². The van der Waals surface area contributed by atoms with Crippen molar-refractivity contribution >= 4 is 34.8 Å². The maximum absolute atomic E-state index is 13.5. The van der Waals surface area contributed by atoms with Crippen LogP contribution in [-0.4, -0.2) is 60.5 Å². The number of hydrogen-bond donors (Lipinski definition) is 0. The highest BCUT2D eigenvalue weighted by atomic mass is 35.5. The summed E-state index contributed by atoms with van der Waals surface area (Å²) in [5.41, 5.74) is 3.90. The van der Waals surface area contributed by atoms with Crippen LogP contribution < -0.4 is 4.90 Å². The number of anilines is 1. The SMILES string of the molecule is CN(C(=O)CN(CC#N)c1ccc(Cl)c(Cl)c1)C(CN1CCCC1)c1ccc(-c2cccnc2)cc1. The van der Waals surface area contributed by atoms with Crippen molar-refractivity contribution in [1.82, 2.24) is 14.8 Å². The van der Waals surface area contributed by atoms with Gasteiger partial charge in [0.1, 0.15) is 6.54 Å². The standard InChI is InChI=1S/C28H29Cl2N5O/c1-33(28(36)20-35(16-12-31)24-10-11-25(29)26(30)17-24)27(19-34-14-2-3-15-34)22-8-6-21(7-9-22)23-5-4-13-32-18-23/h4-11,13,17-18,27H,2-3,14-16,19-20H2,1H3. The maximum atomic E-state index is 13.5. The monoisotopic (exact) mass is 521 g/mol. The van der Waals surface area contributed by atoms with Gasteiger partial charge in [0, 0.05) is 31.7 Å². The molecule has 1 atom stereocenters. The topological polar surface area (TPSA) is 63.5 Å². The molecule has 6 nitrogen and oxygen atoms in total. The Bertz CT molecular complexity index is 1210. The lowest BCUT2D eigenvalue weighted by molar-refractivity contribution is -0.131. The molecule has 1 saturated heterocycles. The van der Waals surface area contributed by atoms with Crippen molar-refractivity contribution < 1.29 is 4.79 Å². The van der Waals surface area contributed by atoms with Gasteiger partial charge >= 0.3 is 0 Å². The van der Waals surface area contributed by atoms with Gasteiger partial charge in [-0.3, -0.25) is 9.78 Å². The van der Waals surface area contributed by atoms with Crippen molar-refractivity contribution in [3.63, 3.8) is 0 Å². The summed E-state index contributed by atoms with van der Waals surface area (Å²) >= 11 is 12.3. The van der Waals surface area contributed by atoms with Crippen LogP contribution in [0.25, 0.3) is 11.1 Å². The minimum Gasteiger partial charge on any atom is -0.349 e. The van der Waals surface area contributed by atoms with Gasteiger partial charge in [-0.1, -0.05) is 53.5 Å². The largest absolute Gasteiger partial charge is 0.349 e. The Morgan fingerprint density at radius 1 is 1.08 bits per heavy atom. The van der Waals surface area contributed by atoms with E-state index < -0.39 is 0 Å². The number of likely N-dealkylation sites (N-methyl/N-ethyl adjacent to an activating group) is 1. The van der Waals surface area contributed by atoms with Crippen LogP contribution in [-0.2, 0) is 4.79 Å². The summed E-state index contributed by atoms with van der Waals surface area (Å²) in [6, 6.07) is 19.5. The van der Waals surface area contributed by atoms with Crippen LogP contribution in [0.15, 0.2) is 67.0 Å². The van der Waals surface area contributed by atoms with Crippen molar-refractivity contribution in [2.24, 2.45) is 0 Å². The van der Waals surface area contributed by atoms with Crippen molar-refractivity contribution in [3.8, 4) is 17.2 Å². The van der Waals surface area contributed by atoms with E-state index >= 15 is 0 Å². The number of aromatic nitrogens is 1. The van der Waals surface area contributed by atoms with Crippen LogP contribution in [0.5, 0.6) is 0 Å². The number of amides is 1. The Morgan fingerprint density at radius 3 is 2.47 bits per heavy atom. The van der Waals surface area contributed by atoms with Gasteiger partial charge in [-0.05, 0) is 66.9 Å². The lowest BCUT2D eigenvalue weighted by atomic mass is 10.0. The second-order valence-corrected chi connectivity index (χ2v) is 9.82. The van der Waals surface area contributed by atoms with Gasteiger partial charge in [-0.15, -0.1) is 0 Å². The van der Waals surface area contributed by atoms with Gasteiger partial charge < -0.3 is 14.7 Å². The average molecular weight is 522 g/mol. The molecule has 3 aromatic rings. The minimum absolute atomic E-state index is 0.0618. The highest BCUT2D eigenvalue weighted by molar-refractivity contribution is 6.42. The van der Waals surface area contributed by atoms with Gasteiger partial charge in [-0.25, -0.2) is 0 Å². The Hall–Kier alpha value is -3.11. The fourth-order valence-electron chi connectivity index (χ4n) is 4.55.